The van der Waals surface area contributed by atoms with Gasteiger partial charge in [-0.1, -0.05) is 23.9 Å². The van der Waals surface area contributed by atoms with Crippen molar-refractivity contribution in [3.8, 4) is 5.69 Å². The highest BCUT2D eigenvalue weighted by Gasteiger charge is 2.39. The Hall–Kier alpha value is -1.80. The molecule has 26 heavy (non-hydrogen) atoms. The van der Waals surface area contributed by atoms with Crippen molar-refractivity contribution in [2.24, 2.45) is 0 Å². The van der Waals surface area contributed by atoms with Crippen LogP contribution in [0.15, 0.2) is 35.7 Å². The first kappa shape index (κ1) is 19.0. The molecule has 2 aromatic rings. The van der Waals surface area contributed by atoms with Gasteiger partial charge in [-0.25, -0.2) is 13.4 Å². The third-order valence-electron chi connectivity index (χ3n) is 4.72. The summed E-state index contributed by atoms with van der Waals surface area (Å²) in [5.41, 5.74) is 2.74. The molecule has 1 N–H and O–H groups in total. The number of nitrogens with zero attached hydrogens (tertiary/aromatic N) is 2. The van der Waals surface area contributed by atoms with Crippen LogP contribution in [-0.2, 0) is 14.6 Å². The Labute approximate surface area is 158 Å². The fraction of sp³-hybridized carbons (Fsp3) is 0.444. The van der Waals surface area contributed by atoms with Crippen LogP contribution in [0, 0.1) is 13.8 Å². The van der Waals surface area contributed by atoms with Crippen LogP contribution >= 0.6 is 11.8 Å². The number of thioether (sulfide) groups is 1. The molecule has 0 aliphatic carbocycles. The van der Waals surface area contributed by atoms with E-state index in [0.717, 1.165) is 10.8 Å². The second-order valence-corrected chi connectivity index (χ2v) is 10.2. The molecular formula is C18H23N3O3S2. The number of hydrogen-bond donors (Lipinski definition) is 1. The number of sulfone groups is 1. The lowest BCUT2D eigenvalue weighted by Crippen LogP contribution is -2.47. The standard InChI is InChI=1S/C18H23N3O3S2/c1-13-5-4-6-15(14(13)2)21-9-8-19-17(21)25-11-16(22)20-18(3)7-10-26(23,24)12-18/h4-6,8-9H,7,10-12H2,1-3H3,(H,20,22). The van der Waals surface area contributed by atoms with E-state index in [4.69, 9.17) is 0 Å². The largest absolute Gasteiger partial charge is 0.349 e. The van der Waals surface area contributed by atoms with Crippen LogP contribution in [0.5, 0.6) is 0 Å². The van der Waals surface area contributed by atoms with E-state index in [0.29, 0.717) is 6.42 Å². The molecule has 3 rings (SSSR count). The Morgan fingerprint density at radius 2 is 2.15 bits per heavy atom. The smallest absolute Gasteiger partial charge is 0.230 e. The summed E-state index contributed by atoms with van der Waals surface area (Å²) in [6, 6.07) is 6.09. The molecule has 1 aliphatic heterocycles. The van der Waals surface area contributed by atoms with Crippen molar-refractivity contribution >= 4 is 27.5 Å². The molecule has 1 aromatic heterocycles. The zero-order chi connectivity index (χ0) is 18.9. The highest BCUT2D eigenvalue weighted by Crippen LogP contribution is 2.26. The van der Waals surface area contributed by atoms with Crippen LogP contribution in [0.4, 0.5) is 0 Å². The average Bonchev–Trinajstić information content (AvgIpc) is 3.12. The normalized spacial score (nSPS) is 21.7. The minimum Gasteiger partial charge on any atom is -0.349 e. The van der Waals surface area contributed by atoms with E-state index >= 15 is 0 Å². The molecule has 0 saturated carbocycles. The maximum absolute atomic E-state index is 12.3. The van der Waals surface area contributed by atoms with E-state index in [9.17, 15) is 13.2 Å². The average molecular weight is 394 g/mol. The first-order valence-corrected chi connectivity index (χ1v) is 11.2. The lowest BCUT2D eigenvalue weighted by atomic mass is 10.0. The van der Waals surface area contributed by atoms with Gasteiger partial charge in [0, 0.05) is 12.4 Å². The Kier molecular flexibility index (Phi) is 5.16. The molecule has 1 amide bonds. The lowest BCUT2D eigenvalue weighted by Gasteiger charge is -2.23. The van der Waals surface area contributed by atoms with Gasteiger partial charge in [0.2, 0.25) is 5.91 Å². The summed E-state index contributed by atoms with van der Waals surface area (Å²) in [7, 11) is -3.05. The van der Waals surface area contributed by atoms with Gasteiger partial charge in [-0.2, -0.15) is 0 Å². The van der Waals surface area contributed by atoms with Crippen molar-refractivity contribution in [3.05, 3.63) is 41.7 Å². The molecule has 1 fully saturated rings. The second-order valence-electron chi connectivity index (χ2n) is 7.04. The number of amides is 1. The van der Waals surface area contributed by atoms with Crippen molar-refractivity contribution in [3.63, 3.8) is 0 Å². The number of hydrogen-bond acceptors (Lipinski definition) is 5. The fourth-order valence-corrected chi connectivity index (χ4v) is 6.05. The van der Waals surface area contributed by atoms with E-state index < -0.39 is 15.4 Å². The SMILES string of the molecule is Cc1cccc(-n2ccnc2SCC(=O)NC2(C)CCS(=O)(=O)C2)c1C. The number of rotatable bonds is 5. The molecule has 1 atom stereocenters. The van der Waals surface area contributed by atoms with Crippen molar-refractivity contribution in [2.75, 3.05) is 17.3 Å². The van der Waals surface area contributed by atoms with E-state index in [-0.39, 0.29) is 23.2 Å². The summed E-state index contributed by atoms with van der Waals surface area (Å²) in [4.78, 5) is 16.7. The van der Waals surface area contributed by atoms with E-state index in [1.165, 1.54) is 22.9 Å². The number of imidazole rings is 1. The molecule has 1 aromatic carbocycles. The van der Waals surface area contributed by atoms with E-state index in [1.54, 1.807) is 13.1 Å². The molecule has 8 heteroatoms. The predicted octanol–water partition coefficient (Wildman–Crippen LogP) is 2.27. The molecule has 1 aliphatic rings. The second kappa shape index (κ2) is 7.08. The number of aromatic nitrogens is 2. The fourth-order valence-electron chi connectivity index (χ4n) is 3.19. The highest BCUT2D eigenvalue weighted by atomic mass is 32.2. The summed E-state index contributed by atoms with van der Waals surface area (Å²) < 4.78 is 25.3. The number of nitrogens with one attached hydrogen (secondary N) is 1. The van der Waals surface area contributed by atoms with Crippen molar-refractivity contribution in [1.29, 1.82) is 0 Å². The minimum absolute atomic E-state index is 0.00746. The van der Waals surface area contributed by atoms with Gasteiger partial charge in [-0.3, -0.25) is 9.36 Å². The quantitative estimate of drug-likeness (QED) is 0.788. The van der Waals surface area contributed by atoms with Crippen molar-refractivity contribution < 1.29 is 13.2 Å². The Morgan fingerprint density at radius 1 is 1.38 bits per heavy atom. The first-order valence-electron chi connectivity index (χ1n) is 8.43. The first-order chi connectivity index (χ1) is 12.2. The van der Waals surface area contributed by atoms with Gasteiger partial charge in [0.05, 0.1) is 28.5 Å². The Bertz CT molecular complexity index is 937. The minimum atomic E-state index is -3.05. The zero-order valence-electron chi connectivity index (χ0n) is 15.2. The topological polar surface area (TPSA) is 81.1 Å². The maximum Gasteiger partial charge on any atom is 0.230 e. The van der Waals surface area contributed by atoms with Crippen molar-refractivity contribution in [1.82, 2.24) is 14.9 Å². The molecule has 2 heterocycles. The van der Waals surface area contributed by atoms with Crippen LogP contribution in [0.1, 0.15) is 24.5 Å². The molecular weight excluding hydrogens is 370 g/mol. The zero-order valence-corrected chi connectivity index (χ0v) is 16.8. The summed E-state index contributed by atoms with van der Waals surface area (Å²) in [6.07, 6.45) is 4.06. The van der Waals surface area contributed by atoms with Gasteiger partial charge < -0.3 is 5.32 Å². The summed E-state index contributed by atoms with van der Waals surface area (Å²) in [5.74, 6) is 0.157. The highest BCUT2D eigenvalue weighted by molar-refractivity contribution is 7.99. The van der Waals surface area contributed by atoms with Crippen LogP contribution in [-0.4, -0.2) is 46.7 Å². The van der Waals surface area contributed by atoms with E-state index in [1.807, 2.05) is 22.9 Å². The van der Waals surface area contributed by atoms with Crippen LogP contribution in [0.25, 0.3) is 5.69 Å². The van der Waals surface area contributed by atoms with Crippen LogP contribution in [0.2, 0.25) is 0 Å². The van der Waals surface area contributed by atoms with Gasteiger partial charge in [-0.15, -0.1) is 0 Å². The van der Waals surface area contributed by atoms with Crippen molar-refractivity contribution in [2.45, 2.75) is 37.9 Å². The third-order valence-corrected chi connectivity index (χ3v) is 7.59. The molecule has 0 bridgehead atoms. The van der Waals surface area contributed by atoms with Crippen LogP contribution < -0.4 is 5.32 Å². The maximum atomic E-state index is 12.3. The van der Waals surface area contributed by atoms with Gasteiger partial charge in [0.15, 0.2) is 15.0 Å². The summed E-state index contributed by atoms with van der Waals surface area (Å²) in [5, 5.41) is 3.61. The Balaban J connectivity index is 1.67. The molecule has 0 radical (unpaired) electrons. The van der Waals surface area contributed by atoms with Crippen LogP contribution in [0.3, 0.4) is 0 Å². The van der Waals surface area contributed by atoms with E-state index in [2.05, 4.69) is 30.2 Å². The third kappa shape index (κ3) is 4.12. The number of carbonyl (C=O) groups is 1. The number of benzene rings is 1. The molecule has 140 valence electrons. The van der Waals surface area contributed by atoms with Gasteiger partial charge in [0.1, 0.15) is 0 Å². The number of aryl methyl sites for hydroxylation is 1. The molecule has 1 unspecified atom stereocenters. The lowest BCUT2D eigenvalue weighted by molar-refractivity contribution is -0.120. The summed E-state index contributed by atoms with van der Waals surface area (Å²) >= 11 is 1.34. The van der Waals surface area contributed by atoms with Gasteiger partial charge in [0.25, 0.3) is 0 Å². The summed E-state index contributed by atoms with van der Waals surface area (Å²) in [6.45, 7) is 5.91. The van der Waals surface area contributed by atoms with Gasteiger partial charge in [-0.05, 0) is 44.4 Å². The monoisotopic (exact) mass is 393 g/mol. The Morgan fingerprint density at radius 3 is 2.85 bits per heavy atom. The predicted molar refractivity (Wildman–Crippen MR) is 104 cm³/mol. The molecule has 0 spiro atoms. The molecule has 1 saturated heterocycles. The number of carbonyl (C=O) groups excluding carboxylic acids is 1. The molecule has 6 nitrogen and oxygen atoms in total. The van der Waals surface area contributed by atoms with Gasteiger partial charge >= 0.3 is 0 Å².